The highest BCUT2D eigenvalue weighted by atomic mass is 32.2. The van der Waals surface area contributed by atoms with Crippen LogP contribution in [-0.2, 0) is 30.6 Å². The molecule has 0 aliphatic heterocycles. The molecule has 0 bridgehead atoms. The number of carbonyl (C=O) groups is 3. The van der Waals surface area contributed by atoms with Gasteiger partial charge in [0, 0.05) is 6.42 Å². The zero-order chi connectivity index (χ0) is 32.4. The van der Waals surface area contributed by atoms with Gasteiger partial charge in [-0.1, -0.05) is 62.4 Å². The van der Waals surface area contributed by atoms with Gasteiger partial charge in [-0.25, -0.2) is 13.2 Å². The summed E-state index contributed by atoms with van der Waals surface area (Å²) in [4.78, 5) is 39.5. The molecule has 1 aliphatic carbocycles. The fraction of sp³-hybridized carbons (Fsp3) is 0.710. The average Bonchev–Trinajstić information content (AvgIpc) is 2.90. The SMILES string of the molecule is CC(C)S(=O)(=O)C[C@H](O)[C@H](CC1CCCCC1)NC(=O)[C@@H](NC(=O)[C@H](Cc1ccccc1)NC(=O)OC(C)(C)C)[C@@H](C)O. The first-order valence-corrected chi connectivity index (χ1v) is 16.9. The van der Waals surface area contributed by atoms with Gasteiger partial charge in [0.15, 0.2) is 9.84 Å². The van der Waals surface area contributed by atoms with Crippen molar-refractivity contribution in [1.29, 1.82) is 0 Å². The Bertz CT molecular complexity index is 1150. The number of rotatable bonds is 14. The summed E-state index contributed by atoms with van der Waals surface area (Å²) in [5, 5.41) is 28.7. The maximum Gasteiger partial charge on any atom is 0.408 e. The van der Waals surface area contributed by atoms with Gasteiger partial charge in [0.2, 0.25) is 11.8 Å². The Morgan fingerprint density at radius 1 is 0.930 bits per heavy atom. The first kappa shape index (κ1) is 36.5. The van der Waals surface area contributed by atoms with Crippen molar-refractivity contribution < 1.29 is 37.8 Å². The maximum absolute atomic E-state index is 13.5. The summed E-state index contributed by atoms with van der Waals surface area (Å²) in [5.41, 5.74) is -0.0595. The maximum atomic E-state index is 13.5. The lowest BCUT2D eigenvalue weighted by Crippen LogP contribution is -2.60. The number of ether oxygens (including phenoxy) is 1. The summed E-state index contributed by atoms with van der Waals surface area (Å²) in [6.45, 7) is 9.49. The molecule has 0 heterocycles. The lowest BCUT2D eigenvalue weighted by Gasteiger charge is -2.32. The summed E-state index contributed by atoms with van der Waals surface area (Å²) in [6.07, 6.45) is 1.90. The molecule has 0 spiro atoms. The highest BCUT2D eigenvalue weighted by Gasteiger charge is 2.35. The molecular weight excluding hydrogens is 574 g/mol. The van der Waals surface area contributed by atoms with E-state index in [1.807, 2.05) is 6.07 Å². The number of carbonyl (C=O) groups excluding carboxylic acids is 3. The molecule has 5 atom stereocenters. The number of aliphatic hydroxyl groups excluding tert-OH is 2. The van der Waals surface area contributed by atoms with Crippen molar-refractivity contribution >= 4 is 27.7 Å². The summed E-state index contributed by atoms with van der Waals surface area (Å²) in [7, 11) is -3.61. The Morgan fingerprint density at radius 2 is 1.53 bits per heavy atom. The van der Waals surface area contributed by atoms with Crippen molar-refractivity contribution in [2.24, 2.45) is 5.92 Å². The molecule has 1 fully saturated rings. The van der Waals surface area contributed by atoms with Gasteiger partial charge in [-0.2, -0.15) is 0 Å². The van der Waals surface area contributed by atoms with Crippen LogP contribution in [0.3, 0.4) is 0 Å². The highest BCUT2D eigenvalue weighted by Crippen LogP contribution is 2.28. The van der Waals surface area contributed by atoms with Crippen molar-refractivity contribution in [2.75, 3.05) is 5.75 Å². The van der Waals surface area contributed by atoms with E-state index in [-0.39, 0.29) is 12.3 Å². The summed E-state index contributed by atoms with van der Waals surface area (Å²) >= 11 is 0. The van der Waals surface area contributed by atoms with Crippen LogP contribution in [0.1, 0.15) is 85.6 Å². The van der Waals surface area contributed by atoms with Gasteiger partial charge in [-0.15, -0.1) is 0 Å². The molecule has 244 valence electrons. The second kappa shape index (κ2) is 16.4. The number of aliphatic hydroxyl groups is 2. The predicted molar refractivity (Wildman–Crippen MR) is 165 cm³/mol. The van der Waals surface area contributed by atoms with Crippen LogP contribution < -0.4 is 16.0 Å². The predicted octanol–water partition coefficient (Wildman–Crippen LogP) is 2.63. The minimum absolute atomic E-state index is 0.0934. The zero-order valence-electron chi connectivity index (χ0n) is 26.3. The van der Waals surface area contributed by atoms with Gasteiger partial charge in [-0.3, -0.25) is 9.59 Å². The third-order valence-corrected chi connectivity index (χ3v) is 9.82. The Kier molecular flexibility index (Phi) is 13.9. The van der Waals surface area contributed by atoms with E-state index in [2.05, 4.69) is 16.0 Å². The van der Waals surface area contributed by atoms with Crippen LogP contribution in [0.15, 0.2) is 30.3 Å². The minimum Gasteiger partial charge on any atom is -0.444 e. The van der Waals surface area contributed by atoms with Crippen LogP contribution in [0, 0.1) is 5.92 Å². The first-order chi connectivity index (χ1) is 20.0. The molecule has 1 aliphatic rings. The van der Waals surface area contributed by atoms with Gasteiger partial charge in [-0.05, 0) is 59.4 Å². The van der Waals surface area contributed by atoms with E-state index in [0.29, 0.717) is 6.42 Å². The molecule has 3 amide bonds. The monoisotopic (exact) mass is 625 g/mol. The Hall–Kier alpha value is -2.70. The van der Waals surface area contributed by atoms with Crippen molar-refractivity contribution in [1.82, 2.24) is 16.0 Å². The van der Waals surface area contributed by atoms with Gasteiger partial charge >= 0.3 is 6.09 Å². The van der Waals surface area contributed by atoms with Gasteiger partial charge in [0.05, 0.1) is 29.3 Å². The number of benzene rings is 1. The van der Waals surface area contributed by atoms with Crippen LogP contribution in [0.25, 0.3) is 0 Å². The Balaban J connectivity index is 2.25. The zero-order valence-corrected chi connectivity index (χ0v) is 27.2. The van der Waals surface area contributed by atoms with Gasteiger partial charge in [0.1, 0.15) is 17.7 Å². The van der Waals surface area contributed by atoms with E-state index in [9.17, 15) is 33.0 Å². The molecule has 12 heteroatoms. The molecule has 0 unspecified atom stereocenters. The minimum atomic E-state index is -3.61. The average molecular weight is 626 g/mol. The van der Waals surface area contributed by atoms with Crippen LogP contribution in [-0.4, -0.2) is 83.5 Å². The van der Waals surface area contributed by atoms with Gasteiger partial charge in [0.25, 0.3) is 0 Å². The van der Waals surface area contributed by atoms with Crippen molar-refractivity contribution in [3.8, 4) is 0 Å². The Morgan fingerprint density at radius 3 is 2.07 bits per heavy atom. The molecule has 5 N–H and O–H groups in total. The highest BCUT2D eigenvalue weighted by molar-refractivity contribution is 7.92. The lowest BCUT2D eigenvalue weighted by molar-refractivity contribution is -0.133. The molecule has 1 saturated carbocycles. The van der Waals surface area contributed by atoms with E-state index in [4.69, 9.17) is 4.74 Å². The molecule has 1 aromatic rings. The molecule has 0 aromatic heterocycles. The molecule has 1 aromatic carbocycles. The van der Waals surface area contributed by atoms with E-state index < -0.39 is 74.7 Å². The summed E-state index contributed by atoms with van der Waals surface area (Å²) < 4.78 is 30.5. The standard InChI is InChI=1S/C31H51N3O8S/c1-20(2)43(40,41)19-26(36)24(17-22-13-9-7-10-14-22)32-29(38)27(21(3)35)34-28(37)25(18-23-15-11-8-12-16-23)33-30(39)42-31(4,5)6/h8,11-12,15-16,20-22,24-27,35-36H,7,9-10,13-14,17-19H2,1-6H3,(H,32,38)(H,33,39)(H,34,37)/t21-,24+,25+,26+,27+/m1/s1. The van der Waals surface area contributed by atoms with E-state index >= 15 is 0 Å². The quantitative estimate of drug-likeness (QED) is 0.210. The first-order valence-electron chi connectivity index (χ1n) is 15.2. The van der Waals surface area contributed by atoms with Gasteiger partial charge < -0.3 is 30.9 Å². The van der Waals surface area contributed by atoms with Crippen molar-refractivity contribution in [3.63, 3.8) is 0 Å². The molecule has 11 nitrogen and oxygen atoms in total. The van der Waals surface area contributed by atoms with Crippen molar-refractivity contribution in [3.05, 3.63) is 35.9 Å². The van der Waals surface area contributed by atoms with Crippen LogP contribution in [0.2, 0.25) is 0 Å². The molecule has 2 rings (SSSR count). The van der Waals surface area contributed by atoms with Crippen LogP contribution in [0.4, 0.5) is 4.79 Å². The second-order valence-corrected chi connectivity index (χ2v) is 15.5. The number of hydrogen-bond acceptors (Lipinski definition) is 8. The molecular formula is C31H51N3O8S. The van der Waals surface area contributed by atoms with Crippen LogP contribution in [0.5, 0.6) is 0 Å². The number of sulfone groups is 1. The Labute approximate surface area is 256 Å². The summed E-state index contributed by atoms with van der Waals surface area (Å²) in [6, 6.07) is 5.51. The lowest BCUT2D eigenvalue weighted by atomic mass is 9.83. The third kappa shape index (κ3) is 12.8. The third-order valence-electron chi connectivity index (χ3n) is 7.58. The van der Waals surface area contributed by atoms with E-state index in [0.717, 1.165) is 37.7 Å². The number of alkyl carbamates (subject to hydrolysis) is 1. The fourth-order valence-corrected chi connectivity index (χ4v) is 6.17. The van der Waals surface area contributed by atoms with E-state index in [1.165, 1.54) is 20.8 Å². The number of hydrogen-bond donors (Lipinski definition) is 5. The molecule has 43 heavy (non-hydrogen) atoms. The summed E-state index contributed by atoms with van der Waals surface area (Å²) in [5.74, 6) is -1.81. The normalized spacial score (nSPS) is 18.2. The van der Waals surface area contributed by atoms with E-state index in [1.54, 1.807) is 45.0 Å². The topological polar surface area (TPSA) is 171 Å². The van der Waals surface area contributed by atoms with Crippen LogP contribution >= 0.6 is 0 Å². The molecule has 0 radical (unpaired) electrons. The smallest absolute Gasteiger partial charge is 0.408 e. The molecule has 0 saturated heterocycles. The number of nitrogens with one attached hydrogen (secondary N) is 3. The fourth-order valence-electron chi connectivity index (χ4n) is 5.08. The number of amides is 3. The second-order valence-electron chi connectivity index (χ2n) is 12.9. The van der Waals surface area contributed by atoms with Crippen molar-refractivity contribution in [2.45, 2.75) is 128 Å². The largest absolute Gasteiger partial charge is 0.444 e.